The van der Waals surface area contributed by atoms with E-state index in [-0.39, 0.29) is 5.97 Å². The Balaban J connectivity index is 1.92. The van der Waals surface area contributed by atoms with Crippen LogP contribution >= 0.6 is 31.9 Å². The van der Waals surface area contributed by atoms with E-state index in [0.29, 0.717) is 36.9 Å². The molecule has 2 aromatic heterocycles. The molecule has 8 heteroatoms. The fourth-order valence-electron chi connectivity index (χ4n) is 1.99. The van der Waals surface area contributed by atoms with Crippen LogP contribution < -0.4 is 0 Å². The third-order valence-corrected chi connectivity index (χ3v) is 4.31. The topological polar surface area (TPSA) is 78.1 Å². The van der Waals surface area contributed by atoms with Gasteiger partial charge >= 0.3 is 5.97 Å². The molecule has 3 rings (SSSR count). The van der Waals surface area contributed by atoms with E-state index in [0.717, 1.165) is 8.95 Å². The molecule has 0 spiro atoms. The van der Waals surface area contributed by atoms with Gasteiger partial charge in [0.2, 0.25) is 11.7 Å². The second kappa shape index (κ2) is 5.49. The maximum atomic E-state index is 12.0. The third-order valence-electron chi connectivity index (χ3n) is 3.27. The second-order valence-electron chi connectivity index (χ2n) is 4.71. The second-order valence-corrected chi connectivity index (χ2v) is 6.48. The van der Waals surface area contributed by atoms with Gasteiger partial charge in [-0.05, 0) is 57.7 Å². The highest BCUT2D eigenvalue weighted by molar-refractivity contribution is 9.11. The van der Waals surface area contributed by atoms with E-state index in [1.807, 2.05) is 6.07 Å². The zero-order chi connectivity index (χ0) is 15.0. The Morgan fingerprint density at radius 2 is 2.24 bits per heavy atom. The van der Waals surface area contributed by atoms with Gasteiger partial charge in [-0.15, -0.1) is 0 Å². The van der Waals surface area contributed by atoms with Gasteiger partial charge in [-0.25, -0.2) is 0 Å². The molecule has 6 nitrogen and oxygen atoms in total. The molecule has 0 aliphatic heterocycles. The first kappa shape index (κ1) is 14.6. The number of nitrogens with zero attached hydrogens (tertiary/aromatic N) is 3. The van der Waals surface area contributed by atoms with Crippen molar-refractivity contribution >= 4 is 37.8 Å². The van der Waals surface area contributed by atoms with Gasteiger partial charge in [-0.1, -0.05) is 5.16 Å². The number of hydrogen-bond donors (Lipinski definition) is 0. The van der Waals surface area contributed by atoms with Crippen molar-refractivity contribution in [1.29, 1.82) is 0 Å². The molecule has 1 fully saturated rings. The highest BCUT2D eigenvalue weighted by atomic mass is 79.9. The maximum absolute atomic E-state index is 12.0. The Morgan fingerprint density at radius 3 is 2.86 bits per heavy atom. The van der Waals surface area contributed by atoms with Crippen LogP contribution in [-0.2, 0) is 14.9 Å². The molecule has 0 N–H and O–H groups in total. The quantitative estimate of drug-likeness (QED) is 0.712. The number of ether oxygens (including phenoxy) is 1. The molecule has 0 amide bonds. The van der Waals surface area contributed by atoms with Crippen LogP contribution in [0, 0.1) is 0 Å². The van der Waals surface area contributed by atoms with Gasteiger partial charge in [0.25, 0.3) is 0 Å². The Hall–Kier alpha value is -1.28. The molecule has 0 saturated heterocycles. The van der Waals surface area contributed by atoms with Gasteiger partial charge in [0, 0.05) is 15.1 Å². The monoisotopic (exact) mass is 415 g/mol. The summed E-state index contributed by atoms with van der Waals surface area (Å²) in [5, 5.41) is 3.92. The molecule has 1 aliphatic carbocycles. The van der Waals surface area contributed by atoms with E-state index in [4.69, 9.17) is 9.26 Å². The normalized spacial score (nSPS) is 15.8. The lowest BCUT2D eigenvalue weighted by Gasteiger charge is -2.08. The van der Waals surface area contributed by atoms with E-state index >= 15 is 0 Å². The van der Waals surface area contributed by atoms with Crippen LogP contribution in [0.2, 0.25) is 0 Å². The van der Waals surface area contributed by atoms with E-state index < -0.39 is 5.41 Å². The van der Waals surface area contributed by atoms with Gasteiger partial charge in [-0.3, -0.25) is 9.78 Å². The Kier molecular flexibility index (Phi) is 3.83. The van der Waals surface area contributed by atoms with Crippen LogP contribution in [0.3, 0.4) is 0 Å². The minimum Gasteiger partial charge on any atom is -0.465 e. The lowest BCUT2D eigenvalue weighted by Crippen LogP contribution is -2.23. The largest absolute Gasteiger partial charge is 0.465 e. The summed E-state index contributed by atoms with van der Waals surface area (Å²) in [6, 6.07) is 1.84. The summed E-state index contributed by atoms with van der Waals surface area (Å²) < 4.78 is 11.9. The minimum atomic E-state index is -0.761. The first-order valence-corrected chi connectivity index (χ1v) is 7.98. The Bertz CT molecular complexity index is 698. The van der Waals surface area contributed by atoms with Crippen molar-refractivity contribution in [1.82, 2.24) is 15.1 Å². The van der Waals surface area contributed by atoms with Gasteiger partial charge in [0.1, 0.15) is 11.1 Å². The standard InChI is InChI=1S/C13H11Br2N3O3/c1-2-20-12(19)13(3-4-13)11-17-10(18-21-11)9-8(15)5-7(14)6-16-9/h5-6H,2-4H2,1H3. The van der Waals surface area contributed by atoms with E-state index in [1.165, 1.54) is 0 Å². The number of esters is 1. The van der Waals surface area contributed by atoms with Crippen molar-refractivity contribution in [3.63, 3.8) is 0 Å². The summed E-state index contributed by atoms with van der Waals surface area (Å²) in [6.07, 6.45) is 2.99. The number of aromatic nitrogens is 3. The summed E-state index contributed by atoms with van der Waals surface area (Å²) in [5.41, 5.74) is -0.198. The fourth-order valence-corrected chi connectivity index (χ4v) is 3.16. The van der Waals surface area contributed by atoms with Crippen molar-refractivity contribution in [2.75, 3.05) is 6.61 Å². The molecule has 1 saturated carbocycles. The van der Waals surface area contributed by atoms with Crippen LogP contribution in [0.5, 0.6) is 0 Å². The highest BCUT2D eigenvalue weighted by Crippen LogP contribution is 2.48. The van der Waals surface area contributed by atoms with E-state index in [2.05, 4.69) is 47.0 Å². The first-order chi connectivity index (χ1) is 10.1. The minimum absolute atomic E-state index is 0.299. The molecule has 0 radical (unpaired) electrons. The van der Waals surface area contributed by atoms with Crippen molar-refractivity contribution < 1.29 is 14.1 Å². The van der Waals surface area contributed by atoms with Gasteiger partial charge in [0.15, 0.2) is 0 Å². The maximum Gasteiger partial charge on any atom is 0.321 e. The molecule has 2 aromatic rings. The predicted octanol–water partition coefficient (Wildman–Crippen LogP) is 3.25. The SMILES string of the molecule is CCOC(=O)C1(c2nc(-c3ncc(Br)cc3Br)no2)CC1. The van der Waals surface area contributed by atoms with Gasteiger partial charge in [-0.2, -0.15) is 4.98 Å². The Morgan fingerprint density at radius 1 is 1.48 bits per heavy atom. The number of rotatable bonds is 4. The summed E-state index contributed by atoms with van der Waals surface area (Å²) >= 11 is 6.74. The molecule has 2 heterocycles. The average Bonchev–Trinajstić information content (AvgIpc) is 3.12. The van der Waals surface area contributed by atoms with Crippen molar-refractivity contribution in [2.24, 2.45) is 0 Å². The number of halogens is 2. The van der Waals surface area contributed by atoms with Crippen LogP contribution in [0.15, 0.2) is 25.7 Å². The van der Waals surface area contributed by atoms with E-state index in [1.54, 1.807) is 13.1 Å². The van der Waals surface area contributed by atoms with Gasteiger partial charge < -0.3 is 9.26 Å². The molecule has 1 aliphatic rings. The molecule has 21 heavy (non-hydrogen) atoms. The molecule has 0 aromatic carbocycles. The summed E-state index contributed by atoms with van der Waals surface area (Å²) in [5.74, 6) is 0.343. The van der Waals surface area contributed by atoms with Crippen molar-refractivity contribution in [2.45, 2.75) is 25.2 Å². The average molecular weight is 417 g/mol. The lowest BCUT2D eigenvalue weighted by molar-refractivity contribution is -0.146. The first-order valence-electron chi connectivity index (χ1n) is 6.39. The molecular weight excluding hydrogens is 406 g/mol. The predicted molar refractivity (Wildman–Crippen MR) is 80.5 cm³/mol. The fraction of sp³-hybridized carbons (Fsp3) is 0.385. The number of pyridine rings is 1. The number of hydrogen-bond acceptors (Lipinski definition) is 6. The van der Waals surface area contributed by atoms with Crippen LogP contribution in [0.4, 0.5) is 0 Å². The molecule has 0 unspecified atom stereocenters. The molecule has 0 atom stereocenters. The van der Waals surface area contributed by atoms with Crippen molar-refractivity contribution in [3.8, 4) is 11.5 Å². The number of carbonyl (C=O) groups excluding carboxylic acids is 1. The lowest BCUT2D eigenvalue weighted by atomic mass is 10.1. The molecule has 110 valence electrons. The number of carbonyl (C=O) groups is 1. The zero-order valence-corrected chi connectivity index (χ0v) is 14.3. The Labute approximate surface area is 137 Å². The van der Waals surface area contributed by atoms with Crippen molar-refractivity contribution in [3.05, 3.63) is 27.1 Å². The smallest absolute Gasteiger partial charge is 0.321 e. The molecule has 0 bridgehead atoms. The third kappa shape index (κ3) is 2.62. The van der Waals surface area contributed by atoms with Gasteiger partial charge in [0.05, 0.1) is 6.61 Å². The van der Waals surface area contributed by atoms with Crippen LogP contribution in [-0.4, -0.2) is 27.7 Å². The molecular formula is C13H11Br2N3O3. The summed E-state index contributed by atoms with van der Waals surface area (Å²) in [7, 11) is 0. The summed E-state index contributed by atoms with van der Waals surface area (Å²) in [6.45, 7) is 2.11. The van der Waals surface area contributed by atoms with Crippen LogP contribution in [0.25, 0.3) is 11.5 Å². The van der Waals surface area contributed by atoms with Crippen LogP contribution in [0.1, 0.15) is 25.7 Å². The van der Waals surface area contributed by atoms with E-state index in [9.17, 15) is 4.79 Å². The zero-order valence-electron chi connectivity index (χ0n) is 11.1. The highest BCUT2D eigenvalue weighted by Gasteiger charge is 2.57. The summed E-state index contributed by atoms with van der Waals surface area (Å²) in [4.78, 5) is 20.6.